The lowest BCUT2D eigenvalue weighted by atomic mass is 10.0. The topological polar surface area (TPSA) is 55.1 Å². The largest absolute Gasteiger partial charge is 0.512 e. The number of rotatable bonds is 0. The van der Waals surface area contributed by atoms with Gasteiger partial charge in [-0.25, -0.2) is 4.98 Å². The molecule has 1 aliphatic rings. The summed E-state index contributed by atoms with van der Waals surface area (Å²) in [7, 11) is 0. The summed E-state index contributed by atoms with van der Waals surface area (Å²) in [6.07, 6.45) is 1.63. The summed E-state index contributed by atoms with van der Waals surface area (Å²) in [4.78, 5) is 16.9. The third kappa shape index (κ3) is 1.53. The van der Waals surface area contributed by atoms with Crippen LogP contribution >= 0.6 is 0 Å². The summed E-state index contributed by atoms with van der Waals surface area (Å²) < 4.78 is 1.67. The first-order valence-electron chi connectivity index (χ1n) is 6.07. The summed E-state index contributed by atoms with van der Waals surface area (Å²) in [6.45, 7) is 2.31. The Balaban J connectivity index is 2.42. The van der Waals surface area contributed by atoms with E-state index in [1.165, 1.54) is 0 Å². The third-order valence-corrected chi connectivity index (χ3v) is 3.38. The average molecular weight is 242 g/mol. The van der Waals surface area contributed by atoms with Gasteiger partial charge in [0.15, 0.2) is 0 Å². The number of hydrogen-bond acceptors (Lipinski definition) is 3. The van der Waals surface area contributed by atoms with E-state index in [2.05, 4.69) is 4.98 Å². The highest BCUT2D eigenvalue weighted by Gasteiger charge is 2.20. The normalized spacial score (nSPS) is 17.6. The van der Waals surface area contributed by atoms with Gasteiger partial charge < -0.3 is 5.11 Å². The quantitative estimate of drug-likeness (QED) is 0.722. The molecule has 2 aromatic rings. The Morgan fingerprint density at radius 2 is 2.17 bits per heavy atom. The summed E-state index contributed by atoms with van der Waals surface area (Å²) in [5, 5.41) is 10.3. The molecule has 0 unspecified atom stereocenters. The van der Waals surface area contributed by atoms with E-state index < -0.39 is 0 Å². The second-order valence-electron chi connectivity index (χ2n) is 4.58. The van der Waals surface area contributed by atoms with Crippen LogP contribution in [0.4, 0.5) is 0 Å². The van der Waals surface area contributed by atoms with E-state index in [0.29, 0.717) is 23.3 Å². The fourth-order valence-corrected chi connectivity index (χ4v) is 2.47. The summed E-state index contributed by atoms with van der Waals surface area (Å²) in [5.74, 6) is 0.871. The van der Waals surface area contributed by atoms with Crippen LogP contribution in [0.25, 0.3) is 16.5 Å². The first-order valence-corrected chi connectivity index (χ1v) is 6.07. The van der Waals surface area contributed by atoms with Crippen molar-refractivity contribution in [3.8, 4) is 0 Å². The fraction of sp³-hybridized carbons (Fsp3) is 0.286. The molecule has 1 aromatic carbocycles. The molecule has 0 saturated heterocycles. The number of para-hydroxylation sites is 1. The van der Waals surface area contributed by atoms with Crippen LogP contribution in [0, 0.1) is 0 Å². The van der Waals surface area contributed by atoms with Crippen LogP contribution in [0.5, 0.6) is 0 Å². The Kier molecular flexibility index (Phi) is 2.44. The van der Waals surface area contributed by atoms with Crippen molar-refractivity contribution in [2.24, 2.45) is 0 Å². The molecular weight excluding hydrogens is 228 g/mol. The minimum absolute atomic E-state index is 0.0194. The molecule has 4 nitrogen and oxygen atoms in total. The van der Waals surface area contributed by atoms with Gasteiger partial charge in [-0.3, -0.25) is 9.36 Å². The molecule has 1 N–H and O–H groups in total. The molecular formula is C14H14N2O2. The van der Waals surface area contributed by atoms with Gasteiger partial charge >= 0.3 is 0 Å². The molecule has 1 aliphatic heterocycles. The first kappa shape index (κ1) is 11.0. The Bertz CT molecular complexity index is 709. The zero-order chi connectivity index (χ0) is 12.7. The van der Waals surface area contributed by atoms with E-state index in [1.807, 2.05) is 18.2 Å². The highest BCUT2D eigenvalue weighted by Crippen LogP contribution is 2.26. The van der Waals surface area contributed by atoms with Crippen molar-refractivity contribution in [3.63, 3.8) is 0 Å². The van der Waals surface area contributed by atoms with Gasteiger partial charge in [-0.1, -0.05) is 12.1 Å². The van der Waals surface area contributed by atoms with Crippen molar-refractivity contribution >= 4 is 16.5 Å². The number of benzene rings is 1. The number of fused-ring (bicyclic) bond motifs is 2. The SMILES string of the molecule is C/C(O)=C1\CCCn2c1nc1ccccc1c2=O. The molecule has 0 radical (unpaired) electrons. The van der Waals surface area contributed by atoms with Crippen LogP contribution in [0.1, 0.15) is 25.6 Å². The molecule has 3 rings (SSSR count). The van der Waals surface area contributed by atoms with E-state index in [-0.39, 0.29) is 11.3 Å². The van der Waals surface area contributed by atoms with Crippen LogP contribution < -0.4 is 5.56 Å². The number of nitrogens with zero attached hydrogens (tertiary/aromatic N) is 2. The molecule has 0 saturated carbocycles. The van der Waals surface area contributed by atoms with E-state index in [1.54, 1.807) is 17.6 Å². The Hall–Kier alpha value is -2.10. The van der Waals surface area contributed by atoms with Gasteiger partial charge in [0.25, 0.3) is 5.56 Å². The van der Waals surface area contributed by atoms with Crippen molar-refractivity contribution in [1.82, 2.24) is 9.55 Å². The molecule has 4 heteroatoms. The second kappa shape index (κ2) is 3.98. The monoisotopic (exact) mass is 242 g/mol. The van der Waals surface area contributed by atoms with Gasteiger partial charge in [-0.05, 0) is 31.9 Å². The van der Waals surface area contributed by atoms with Gasteiger partial charge in [0, 0.05) is 12.1 Å². The minimum Gasteiger partial charge on any atom is -0.512 e. The standard InChI is InChI=1S/C14H14N2O2/c1-9(17)10-6-4-8-16-13(10)15-12-7-3-2-5-11(12)14(16)18/h2-3,5,7,17H,4,6,8H2,1H3/b10-9-. The van der Waals surface area contributed by atoms with Gasteiger partial charge in [0.05, 0.1) is 16.7 Å². The minimum atomic E-state index is -0.0194. The summed E-state index contributed by atoms with van der Waals surface area (Å²) in [6, 6.07) is 7.33. The van der Waals surface area contributed by atoms with Crippen molar-refractivity contribution in [3.05, 3.63) is 46.2 Å². The van der Waals surface area contributed by atoms with E-state index >= 15 is 0 Å². The van der Waals surface area contributed by atoms with Crippen LogP contribution in [0.2, 0.25) is 0 Å². The Morgan fingerprint density at radius 1 is 1.39 bits per heavy atom. The molecule has 1 aromatic heterocycles. The third-order valence-electron chi connectivity index (χ3n) is 3.38. The molecule has 18 heavy (non-hydrogen) atoms. The lowest BCUT2D eigenvalue weighted by Gasteiger charge is -2.21. The second-order valence-corrected chi connectivity index (χ2v) is 4.58. The lowest BCUT2D eigenvalue weighted by Crippen LogP contribution is -2.28. The maximum Gasteiger partial charge on any atom is 0.261 e. The number of aliphatic hydroxyl groups excluding tert-OH is 1. The molecule has 0 fully saturated rings. The number of aromatic nitrogens is 2. The van der Waals surface area contributed by atoms with E-state index in [0.717, 1.165) is 18.4 Å². The average Bonchev–Trinajstić information content (AvgIpc) is 2.38. The number of hydrogen-bond donors (Lipinski definition) is 1. The molecule has 0 bridgehead atoms. The predicted molar refractivity (Wildman–Crippen MR) is 70.5 cm³/mol. The highest BCUT2D eigenvalue weighted by molar-refractivity contribution is 5.79. The summed E-state index contributed by atoms with van der Waals surface area (Å²) in [5.41, 5.74) is 1.45. The highest BCUT2D eigenvalue weighted by atomic mass is 16.3. The maximum absolute atomic E-state index is 12.4. The molecule has 2 heterocycles. The smallest absolute Gasteiger partial charge is 0.261 e. The zero-order valence-electron chi connectivity index (χ0n) is 10.2. The van der Waals surface area contributed by atoms with E-state index in [9.17, 15) is 9.90 Å². The summed E-state index contributed by atoms with van der Waals surface area (Å²) >= 11 is 0. The zero-order valence-corrected chi connectivity index (χ0v) is 10.2. The predicted octanol–water partition coefficient (Wildman–Crippen LogP) is 2.48. The fourth-order valence-electron chi connectivity index (χ4n) is 2.47. The van der Waals surface area contributed by atoms with Gasteiger partial charge in [-0.2, -0.15) is 0 Å². The van der Waals surface area contributed by atoms with Gasteiger partial charge in [0.2, 0.25) is 0 Å². The molecule has 0 aliphatic carbocycles. The lowest BCUT2D eigenvalue weighted by molar-refractivity contribution is 0.410. The Morgan fingerprint density at radius 3 is 2.94 bits per heavy atom. The van der Waals surface area contributed by atoms with E-state index in [4.69, 9.17) is 0 Å². The Labute approximate surface area is 104 Å². The molecule has 0 spiro atoms. The van der Waals surface area contributed by atoms with Crippen molar-refractivity contribution < 1.29 is 5.11 Å². The number of allylic oxidation sites excluding steroid dienone is 2. The van der Waals surface area contributed by atoms with Crippen LogP contribution in [0.15, 0.2) is 34.8 Å². The number of aliphatic hydroxyl groups is 1. The van der Waals surface area contributed by atoms with Crippen molar-refractivity contribution in [2.75, 3.05) is 0 Å². The first-order chi connectivity index (χ1) is 8.68. The van der Waals surface area contributed by atoms with Crippen LogP contribution in [0.3, 0.4) is 0 Å². The molecule has 92 valence electrons. The van der Waals surface area contributed by atoms with Crippen molar-refractivity contribution in [1.29, 1.82) is 0 Å². The van der Waals surface area contributed by atoms with Crippen LogP contribution in [-0.2, 0) is 6.54 Å². The molecule has 0 atom stereocenters. The van der Waals surface area contributed by atoms with Gasteiger partial charge in [0.1, 0.15) is 5.82 Å². The van der Waals surface area contributed by atoms with Crippen LogP contribution in [-0.4, -0.2) is 14.7 Å². The maximum atomic E-state index is 12.4. The molecule has 0 amide bonds. The van der Waals surface area contributed by atoms with Gasteiger partial charge in [-0.15, -0.1) is 0 Å². The van der Waals surface area contributed by atoms with Crippen molar-refractivity contribution in [2.45, 2.75) is 26.3 Å².